The molecule has 1 aromatic heterocycles. The number of methoxy groups -OCH3 is 1. The van der Waals surface area contributed by atoms with Gasteiger partial charge < -0.3 is 19.9 Å². The molecule has 0 aliphatic rings. The van der Waals surface area contributed by atoms with Gasteiger partial charge in [0, 0.05) is 15.4 Å². The van der Waals surface area contributed by atoms with Crippen molar-refractivity contribution in [3.05, 3.63) is 26.0 Å². The molecule has 0 amide bonds. The summed E-state index contributed by atoms with van der Waals surface area (Å²) in [5.41, 5.74) is 9.09. The number of ether oxygens (including phenoxy) is 3. The summed E-state index contributed by atoms with van der Waals surface area (Å²) in [6, 6.07) is 1.74. The van der Waals surface area contributed by atoms with Crippen molar-refractivity contribution >= 4 is 66.3 Å². The first kappa shape index (κ1) is 20.5. The molecule has 0 aliphatic heterocycles. The van der Waals surface area contributed by atoms with Crippen molar-refractivity contribution in [3.8, 4) is 11.5 Å². The molecule has 140 valence electrons. The molecule has 11 heteroatoms. The molecule has 2 aromatic rings. The predicted molar refractivity (Wildman–Crippen MR) is 108 cm³/mol. The van der Waals surface area contributed by atoms with Gasteiger partial charge in [-0.3, -0.25) is 5.43 Å². The maximum absolute atomic E-state index is 11.3. The van der Waals surface area contributed by atoms with E-state index in [9.17, 15) is 4.79 Å². The summed E-state index contributed by atoms with van der Waals surface area (Å²) in [4.78, 5) is 15.4. The number of hydrogen-bond acceptors (Lipinski definition) is 9. The largest absolute Gasteiger partial charge is 0.490 e. The number of hydrazone groups is 1. The molecule has 1 aromatic carbocycles. The first-order valence-electron chi connectivity index (χ1n) is 7.30. The van der Waals surface area contributed by atoms with E-state index in [1.165, 1.54) is 18.4 Å². The zero-order valence-corrected chi connectivity index (χ0v) is 17.9. The maximum Gasteiger partial charge on any atom is 0.343 e. The Hall–Kier alpha value is -1.85. The molecule has 0 aliphatic carbocycles. The molecular weight excluding hydrogens is 492 g/mol. The van der Waals surface area contributed by atoms with Gasteiger partial charge in [0.2, 0.25) is 5.13 Å². The minimum atomic E-state index is -0.493. The Morgan fingerprint density at radius 3 is 2.81 bits per heavy atom. The number of hydrogen-bond donors (Lipinski definition) is 2. The van der Waals surface area contributed by atoms with Gasteiger partial charge in [-0.2, -0.15) is 5.10 Å². The van der Waals surface area contributed by atoms with Crippen LogP contribution < -0.4 is 20.6 Å². The molecule has 3 N–H and O–H groups in total. The highest BCUT2D eigenvalue weighted by molar-refractivity contribution is 9.13. The standard InChI is InChI=1S/C15H16Br2N4O4S/c1-3-24-9-4-8(5-19-21-15-20-10(18)7-26-15)12(16)13(17)14(9)25-6-11(22)23-2/h4-5,7H,3,6,18H2,1-2H3,(H,20,21). The van der Waals surface area contributed by atoms with Gasteiger partial charge in [0.1, 0.15) is 5.82 Å². The van der Waals surface area contributed by atoms with Gasteiger partial charge in [-0.1, -0.05) is 0 Å². The van der Waals surface area contributed by atoms with Crippen molar-refractivity contribution in [3.63, 3.8) is 0 Å². The number of thiazole rings is 1. The van der Waals surface area contributed by atoms with Crippen LogP contribution in [0.1, 0.15) is 12.5 Å². The number of halogens is 2. The molecule has 0 radical (unpaired) electrons. The number of esters is 1. The third-order valence-corrected chi connectivity index (χ3v) is 5.81. The van der Waals surface area contributed by atoms with Crippen LogP contribution in [0.25, 0.3) is 0 Å². The summed E-state index contributed by atoms with van der Waals surface area (Å²) >= 11 is 8.28. The van der Waals surface area contributed by atoms with E-state index in [2.05, 4.69) is 52.1 Å². The van der Waals surface area contributed by atoms with Crippen molar-refractivity contribution in [2.75, 3.05) is 31.5 Å². The lowest BCUT2D eigenvalue weighted by molar-refractivity contribution is -0.142. The summed E-state index contributed by atoms with van der Waals surface area (Å²) in [7, 11) is 1.29. The number of rotatable bonds is 8. The van der Waals surface area contributed by atoms with Crippen LogP contribution in [0.3, 0.4) is 0 Å². The van der Waals surface area contributed by atoms with E-state index in [0.29, 0.717) is 38.0 Å². The van der Waals surface area contributed by atoms with Gasteiger partial charge in [-0.05, 0) is 44.8 Å². The van der Waals surface area contributed by atoms with Gasteiger partial charge in [0.25, 0.3) is 0 Å². The summed E-state index contributed by atoms with van der Waals surface area (Å²) in [6.45, 7) is 2.04. The highest BCUT2D eigenvalue weighted by atomic mass is 79.9. The Morgan fingerprint density at radius 2 is 2.19 bits per heavy atom. The fourth-order valence-electron chi connectivity index (χ4n) is 1.78. The predicted octanol–water partition coefficient (Wildman–Crippen LogP) is 3.65. The zero-order chi connectivity index (χ0) is 19.1. The number of carbonyl (C=O) groups is 1. The van der Waals surface area contributed by atoms with Gasteiger partial charge in [-0.25, -0.2) is 9.78 Å². The second kappa shape index (κ2) is 9.74. The van der Waals surface area contributed by atoms with E-state index in [-0.39, 0.29) is 6.61 Å². The van der Waals surface area contributed by atoms with Crippen LogP contribution in [0.15, 0.2) is 25.5 Å². The summed E-state index contributed by atoms with van der Waals surface area (Å²) in [5, 5.41) is 6.44. The van der Waals surface area contributed by atoms with E-state index in [0.717, 1.165) is 5.56 Å². The minimum Gasteiger partial charge on any atom is -0.490 e. The molecule has 8 nitrogen and oxygen atoms in total. The molecule has 0 unspecified atom stereocenters. The number of nitrogen functional groups attached to an aromatic ring is 1. The smallest absolute Gasteiger partial charge is 0.343 e. The van der Waals surface area contributed by atoms with Crippen molar-refractivity contribution in [2.45, 2.75) is 6.92 Å². The number of carbonyl (C=O) groups excluding carboxylic acids is 1. The van der Waals surface area contributed by atoms with E-state index in [1.807, 2.05) is 6.92 Å². The highest BCUT2D eigenvalue weighted by Gasteiger charge is 2.18. The summed E-state index contributed by atoms with van der Waals surface area (Å²) < 4.78 is 17.0. The molecule has 0 bridgehead atoms. The van der Waals surface area contributed by atoms with Crippen molar-refractivity contribution in [1.82, 2.24) is 4.98 Å². The van der Waals surface area contributed by atoms with E-state index in [4.69, 9.17) is 15.2 Å². The van der Waals surface area contributed by atoms with Crippen molar-refractivity contribution in [2.24, 2.45) is 5.10 Å². The number of aromatic nitrogens is 1. The molecule has 2 rings (SSSR count). The average molecular weight is 508 g/mol. The number of benzene rings is 1. The SMILES string of the molecule is CCOc1cc(C=NNc2nc(N)cs2)c(Br)c(Br)c1OCC(=O)OC. The molecule has 0 saturated carbocycles. The average Bonchev–Trinajstić information content (AvgIpc) is 3.04. The van der Waals surface area contributed by atoms with Crippen LogP contribution >= 0.6 is 43.2 Å². The van der Waals surface area contributed by atoms with Gasteiger partial charge in [-0.15, -0.1) is 11.3 Å². The van der Waals surface area contributed by atoms with Gasteiger partial charge in [0.05, 0.1) is 24.4 Å². The molecular formula is C15H16Br2N4O4S. The van der Waals surface area contributed by atoms with E-state index >= 15 is 0 Å². The monoisotopic (exact) mass is 506 g/mol. The third kappa shape index (κ3) is 5.32. The highest BCUT2D eigenvalue weighted by Crippen LogP contribution is 2.42. The van der Waals surface area contributed by atoms with Crippen LogP contribution in [-0.2, 0) is 9.53 Å². The van der Waals surface area contributed by atoms with Crippen molar-refractivity contribution < 1.29 is 19.0 Å². The molecule has 0 fully saturated rings. The second-order valence-electron chi connectivity index (χ2n) is 4.67. The van der Waals surface area contributed by atoms with E-state index in [1.54, 1.807) is 17.7 Å². The van der Waals surface area contributed by atoms with Crippen molar-refractivity contribution in [1.29, 1.82) is 0 Å². The quantitative estimate of drug-likeness (QED) is 0.319. The normalized spacial score (nSPS) is 10.8. The molecule has 1 heterocycles. The first-order valence-corrected chi connectivity index (χ1v) is 9.77. The molecule has 0 atom stereocenters. The lowest BCUT2D eigenvalue weighted by atomic mass is 10.2. The Kier molecular flexibility index (Phi) is 7.66. The maximum atomic E-state index is 11.3. The number of nitrogens with one attached hydrogen (secondary N) is 1. The second-order valence-corrected chi connectivity index (χ2v) is 7.11. The lowest BCUT2D eigenvalue weighted by Crippen LogP contribution is -2.13. The van der Waals surface area contributed by atoms with E-state index < -0.39 is 5.97 Å². The zero-order valence-electron chi connectivity index (χ0n) is 13.9. The number of nitrogens with zero attached hydrogens (tertiary/aromatic N) is 2. The fraction of sp³-hybridized carbons (Fsp3) is 0.267. The minimum absolute atomic E-state index is 0.234. The van der Waals surface area contributed by atoms with Crippen LogP contribution in [0.4, 0.5) is 10.9 Å². The third-order valence-electron chi connectivity index (χ3n) is 2.90. The van der Waals surface area contributed by atoms with Gasteiger partial charge >= 0.3 is 5.97 Å². The molecule has 0 saturated heterocycles. The lowest BCUT2D eigenvalue weighted by Gasteiger charge is -2.15. The fourth-order valence-corrected chi connectivity index (χ4v) is 3.26. The van der Waals surface area contributed by atoms with Crippen LogP contribution in [0, 0.1) is 0 Å². The number of nitrogens with two attached hydrogens (primary N) is 1. The Bertz CT molecular complexity index is 813. The molecule has 0 spiro atoms. The summed E-state index contributed by atoms with van der Waals surface area (Å²) in [6.07, 6.45) is 1.60. The first-order chi connectivity index (χ1) is 12.5. The topological polar surface area (TPSA) is 108 Å². The van der Waals surface area contributed by atoms with Crippen LogP contribution in [-0.4, -0.2) is 37.5 Å². The molecule has 26 heavy (non-hydrogen) atoms. The summed E-state index contributed by atoms with van der Waals surface area (Å²) in [5.74, 6) is 0.795. The van der Waals surface area contributed by atoms with Crippen LogP contribution in [0.2, 0.25) is 0 Å². The van der Waals surface area contributed by atoms with Gasteiger partial charge in [0.15, 0.2) is 18.1 Å². The Balaban J connectivity index is 2.25. The van der Waals surface area contributed by atoms with Crippen LogP contribution in [0.5, 0.6) is 11.5 Å². The number of anilines is 2. The Labute approximate surface area is 171 Å². The Morgan fingerprint density at radius 1 is 1.42 bits per heavy atom.